The highest BCUT2D eigenvalue weighted by Crippen LogP contribution is 2.02. The van der Waals surface area contributed by atoms with Crippen LogP contribution in [-0.4, -0.2) is 36.0 Å². The van der Waals surface area contributed by atoms with Crippen LogP contribution in [0.1, 0.15) is 20.3 Å². The second-order valence-corrected chi connectivity index (χ2v) is 3.60. The summed E-state index contributed by atoms with van der Waals surface area (Å²) in [5.74, 6) is -0.121. The fraction of sp³-hybridized carbons (Fsp3) is 0.778. The van der Waals surface area contributed by atoms with Crippen LogP contribution >= 0.6 is 0 Å². The first kappa shape index (κ1) is 13.1. The number of rotatable bonds is 6. The zero-order valence-corrected chi connectivity index (χ0v) is 8.49. The van der Waals surface area contributed by atoms with E-state index in [0.717, 1.165) is 0 Å². The first-order valence-electron chi connectivity index (χ1n) is 4.55. The second-order valence-electron chi connectivity index (χ2n) is 3.60. The Hall–Kier alpha value is -0.940. The van der Waals surface area contributed by atoms with Gasteiger partial charge in [0.25, 0.3) is 0 Å². The third kappa shape index (κ3) is 4.94. The van der Waals surface area contributed by atoms with Gasteiger partial charge in [0.05, 0.1) is 12.6 Å². The minimum absolute atomic E-state index is 0.309. The number of hydrogen-bond acceptors (Lipinski definition) is 4. The van der Waals surface area contributed by atoms with Crippen molar-refractivity contribution < 1.29 is 14.7 Å². The molecule has 0 saturated carbocycles. The van der Waals surface area contributed by atoms with Crippen molar-refractivity contribution in [2.24, 2.45) is 11.7 Å². The van der Waals surface area contributed by atoms with Gasteiger partial charge >= 0.3 is 0 Å². The number of hydrogen-bond donors (Lipinski definition) is 3. The van der Waals surface area contributed by atoms with Gasteiger partial charge in [0, 0.05) is 0 Å². The van der Waals surface area contributed by atoms with E-state index in [4.69, 9.17) is 10.8 Å². The van der Waals surface area contributed by atoms with Crippen LogP contribution in [0, 0.1) is 5.92 Å². The first-order chi connectivity index (χ1) is 6.51. The molecule has 0 aliphatic carbocycles. The van der Waals surface area contributed by atoms with Crippen LogP contribution in [-0.2, 0) is 9.59 Å². The van der Waals surface area contributed by atoms with Crippen molar-refractivity contribution in [2.75, 3.05) is 6.61 Å². The molecule has 5 nitrogen and oxygen atoms in total. The van der Waals surface area contributed by atoms with Gasteiger partial charge in [-0.25, -0.2) is 0 Å². The van der Waals surface area contributed by atoms with Crippen LogP contribution in [0.2, 0.25) is 0 Å². The molecule has 81 valence electrons. The Morgan fingerprint density at radius 2 is 2.14 bits per heavy atom. The molecule has 0 aliphatic rings. The van der Waals surface area contributed by atoms with Gasteiger partial charge in [0.2, 0.25) is 12.2 Å². The Kier molecular flexibility index (Phi) is 6.07. The van der Waals surface area contributed by atoms with Crippen LogP contribution in [0.15, 0.2) is 0 Å². The standard InChI is InChI=1S/C9H17N2O3/c1-6(2)3-8(10)9(14)11-7(4-12)5-13/h6-8,12H,3-4,10H2,1-2H3,(H,11,14)/t7-,8-/m0/s1. The molecule has 2 atom stereocenters. The molecular formula is C9H17N2O3. The molecule has 4 N–H and O–H groups in total. The molecule has 14 heavy (non-hydrogen) atoms. The van der Waals surface area contributed by atoms with E-state index in [0.29, 0.717) is 12.3 Å². The largest absolute Gasteiger partial charge is 0.394 e. The molecule has 0 fully saturated rings. The van der Waals surface area contributed by atoms with E-state index in [1.165, 1.54) is 6.29 Å². The van der Waals surface area contributed by atoms with Crippen molar-refractivity contribution >= 4 is 12.2 Å². The summed E-state index contributed by atoms with van der Waals surface area (Å²) >= 11 is 0. The smallest absolute Gasteiger partial charge is 0.237 e. The molecule has 0 aliphatic heterocycles. The normalized spacial score (nSPS) is 14.9. The summed E-state index contributed by atoms with van der Waals surface area (Å²) in [6.45, 7) is 3.44. The molecule has 1 radical (unpaired) electrons. The van der Waals surface area contributed by atoms with Crippen LogP contribution < -0.4 is 11.1 Å². The maximum absolute atomic E-state index is 11.3. The van der Waals surface area contributed by atoms with Gasteiger partial charge in [0.1, 0.15) is 6.04 Å². The number of nitrogens with two attached hydrogens (primary N) is 1. The molecule has 0 unspecified atom stereocenters. The van der Waals surface area contributed by atoms with Crippen molar-refractivity contribution in [3.05, 3.63) is 0 Å². The molecule has 0 spiro atoms. The van der Waals surface area contributed by atoms with Crippen molar-refractivity contribution in [3.63, 3.8) is 0 Å². The van der Waals surface area contributed by atoms with E-state index >= 15 is 0 Å². The molecule has 1 amide bonds. The van der Waals surface area contributed by atoms with E-state index < -0.39 is 24.6 Å². The molecule has 0 aromatic rings. The molecule has 0 heterocycles. The number of aliphatic hydroxyl groups is 1. The lowest BCUT2D eigenvalue weighted by Crippen LogP contribution is -2.47. The van der Waals surface area contributed by atoms with Gasteiger partial charge in [-0.05, 0) is 12.3 Å². The summed E-state index contributed by atoms with van der Waals surface area (Å²) in [6, 6.07) is -1.61. The van der Waals surface area contributed by atoms with E-state index in [-0.39, 0.29) is 0 Å². The Morgan fingerprint density at radius 1 is 1.57 bits per heavy atom. The second kappa shape index (κ2) is 6.50. The molecule has 0 aromatic carbocycles. The van der Waals surface area contributed by atoms with E-state index in [9.17, 15) is 9.59 Å². The van der Waals surface area contributed by atoms with Crippen molar-refractivity contribution in [3.8, 4) is 0 Å². The molecule has 0 aromatic heterocycles. The van der Waals surface area contributed by atoms with Crippen molar-refractivity contribution in [2.45, 2.75) is 32.4 Å². The number of amides is 1. The van der Waals surface area contributed by atoms with E-state index in [2.05, 4.69) is 5.32 Å². The summed E-state index contributed by atoms with van der Waals surface area (Å²) in [4.78, 5) is 21.5. The zero-order valence-electron chi connectivity index (χ0n) is 8.49. The Labute approximate surface area is 83.7 Å². The zero-order chi connectivity index (χ0) is 11.1. The molecule has 0 saturated heterocycles. The molecular weight excluding hydrogens is 184 g/mol. The van der Waals surface area contributed by atoms with Gasteiger partial charge in [-0.1, -0.05) is 13.8 Å². The lowest BCUT2D eigenvalue weighted by molar-refractivity contribution is -0.123. The maximum atomic E-state index is 11.3. The minimum Gasteiger partial charge on any atom is -0.394 e. The van der Waals surface area contributed by atoms with Crippen LogP contribution in [0.3, 0.4) is 0 Å². The van der Waals surface area contributed by atoms with Gasteiger partial charge in [-0.2, -0.15) is 0 Å². The number of nitrogens with one attached hydrogen (secondary N) is 1. The summed E-state index contributed by atoms with van der Waals surface area (Å²) in [5.41, 5.74) is 5.55. The van der Waals surface area contributed by atoms with E-state index in [1.54, 1.807) is 0 Å². The number of aliphatic hydroxyl groups excluding tert-OH is 1. The number of carbonyl (C=O) groups excluding carboxylic acids is 2. The molecule has 0 rings (SSSR count). The van der Waals surface area contributed by atoms with Crippen molar-refractivity contribution in [1.82, 2.24) is 5.32 Å². The van der Waals surface area contributed by atoms with Crippen LogP contribution in [0.5, 0.6) is 0 Å². The Bertz CT molecular complexity index is 194. The predicted molar refractivity (Wildman–Crippen MR) is 52.1 cm³/mol. The highest BCUT2D eigenvalue weighted by Gasteiger charge is 2.18. The minimum atomic E-state index is -0.972. The van der Waals surface area contributed by atoms with Gasteiger partial charge in [-0.15, -0.1) is 0 Å². The third-order valence-electron chi connectivity index (χ3n) is 1.70. The lowest BCUT2D eigenvalue weighted by Gasteiger charge is -2.15. The average Bonchev–Trinajstić information content (AvgIpc) is 2.12. The topological polar surface area (TPSA) is 92.4 Å². The quantitative estimate of drug-likeness (QED) is 0.511. The summed E-state index contributed by atoms with van der Waals surface area (Å²) < 4.78 is 0. The SMILES string of the molecule is CC(C)C[C@H](N)C(=O)N[C@H]([C]=O)CO. The van der Waals surface area contributed by atoms with Gasteiger partial charge in [0.15, 0.2) is 0 Å². The Balaban J connectivity index is 3.99. The highest BCUT2D eigenvalue weighted by atomic mass is 16.3. The van der Waals surface area contributed by atoms with Gasteiger partial charge in [-0.3, -0.25) is 9.59 Å². The molecule has 5 heteroatoms. The van der Waals surface area contributed by atoms with Gasteiger partial charge < -0.3 is 16.2 Å². The lowest BCUT2D eigenvalue weighted by atomic mass is 10.0. The van der Waals surface area contributed by atoms with E-state index in [1.807, 2.05) is 13.8 Å². The predicted octanol–water partition coefficient (Wildman–Crippen LogP) is -1.05. The highest BCUT2D eigenvalue weighted by molar-refractivity contribution is 5.84. The Morgan fingerprint density at radius 3 is 2.50 bits per heavy atom. The first-order valence-corrected chi connectivity index (χ1v) is 4.55. The van der Waals surface area contributed by atoms with Crippen LogP contribution in [0.4, 0.5) is 0 Å². The summed E-state index contributed by atoms with van der Waals surface area (Å²) in [6.07, 6.45) is 2.05. The fourth-order valence-electron chi connectivity index (χ4n) is 1.01. The summed E-state index contributed by atoms with van der Waals surface area (Å²) in [5, 5.41) is 10.9. The maximum Gasteiger partial charge on any atom is 0.237 e. The number of carbonyl (C=O) groups is 1. The average molecular weight is 201 g/mol. The van der Waals surface area contributed by atoms with Crippen molar-refractivity contribution in [1.29, 1.82) is 0 Å². The van der Waals surface area contributed by atoms with Crippen LogP contribution in [0.25, 0.3) is 0 Å². The molecule has 0 bridgehead atoms. The fourth-order valence-corrected chi connectivity index (χ4v) is 1.01. The monoisotopic (exact) mass is 201 g/mol. The third-order valence-corrected chi connectivity index (χ3v) is 1.70. The summed E-state index contributed by atoms with van der Waals surface area (Å²) in [7, 11) is 0.